The first-order chi connectivity index (χ1) is 11.2. The topological polar surface area (TPSA) is 68.5 Å². The molecule has 0 saturated carbocycles. The third-order valence-electron chi connectivity index (χ3n) is 3.15. The van der Waals surface area contributed by atoms with Gasteiger partial charge in [-0.25, -0.2) is 4.79 Å². The van der Waals surface area contributed by atoms with E-state index < -0.39 is 11.9 Å². The van der Waals surface area contributed by atoms with Gasteiger partial charge in [0.25, 0.3) is 5.91 Å². The van der Waals surface area contributed by atoms with Crippen molar-refractivity contribution < 1.29 is 18.7 Å². The van der Waals surface area contributed by atoms with Crippen molar-refractivity contribution in [3.8, 4) is 10.4 Å². The Morgan fingerprint density at radius 3 is 2.57 bits per heavy atom. The van der Waals surface area contributed by atoms with Gasteiger partial charge in [0, 0.05) is 4.88 Å². The second kappa shape index (κ2) is 6.50. The van der Waals surface area contributed by atoms with Crippen LogP contribution in [0.25, 0.3) is 10.4 Å². The van der Waals surface area contributed by atoms with Crippen LogP contribution >= 0.6 is 11.3 Å². The number of amides is 1. The van der Waals surface area contributed by atoms with E-state index in [1.807, 2.05) is 30.3 Å². The Kier molecular flexibility index (Phi) is 4.25. The van der Waals surface area contributed by atoms with Crippen molar-refractivity contribution >= 4 is 28.9 Å². The minimum absolute atomic E-state index is 0.174. The van der Waals surface area contributed by atoms with Gasteiger partial charge in [-0.15, -0.1) is 11.3 Å². The van der Waals surface area contributed by atoms with Gasteiger partial charge < -0.3 is 14.5 Å². The predicted molar refractivity (Wildman–Crippen MR) is 87.8 cm³/mol. The molecular weight excluding hydrogens is 314 g/mol. The van der Waals surface area contributed by atoms with Crippen LogP contribution in [0.3, 0.4) is 0 Å². The van der Waals surface area contributed by atoms with Gasteiger partial charge in [0.05, 0.1) is 19.1 Å². The number of hydrogen-bond acceptors (Lipinski definition) is 5. The van der Waals surface area contributed by atoms with E-state index in [9.17, 15) is 9.59 Å². The summed E-state index contributed by atoms with van der Waals surface area (Å²) in [4.78, 5) is 25.3. The summed E-state index contributed by atoms with van der Waals surface area (Å²) in [5.41, 5.74) is 1.36. The van der Waals surface area contributed by atoms with Gasteiger partial charge in [0.2, 0.25) is 0 Å². The van der Waals surface area contributed by atoms with Gasteiger partial charge in [-0.05, 0) is 23.8 Å². The molecule has 6 heteroatoms. The van der Waals surface area contributed by atoms with Crippen molar-refractivity contribution in [3.63, 3.8) is 0 Å². The fourth-order valence-electron chi connectivity index (χ4n) is 2.06. The molecule has 3 rings (SSSR count). The smallest absolute Gasteiger partial charge is 0.350 e. The Morgan fingerprint density at radius 1 is 1.13 bits per heavy atom. The molecule has 0 atom stereocenters. The molecule has 0 spiro atoms. The van der Waals surface area contributed by atoms with Crippen LogP contribution < -0.4 is 5.32 Å². The van der Waals surface area contributed by atoms with E-state index in [0.717, 1.165) is 10.4 Å². The normalized spacial score (nSPS) is 10.3. The summed E-state index contributed by atoms with van der Waals surface area (Å²) in [6, 6.07) is 14.5. The molecule has 2 aromatic heterocycles. The summed E-state index contributed by atoms with van der Waals surface area (Å²) in [6.45, 7) is 0. The first kappa shape index (κ1) is 15.1. The number of nitrogens with one attached hydrogen (secondary N) is 1. The maximum atomic E-state index is 12.1. The van der Waals surface area contributed by atoms with E-state index in [0.29, 0.717) is 10.6 Å². The summed E-state index contributed by atoms with van der Waals surface area (Å²) in [6.07, 6.45) is 1.42. The summed E-state index contributed by atoms with van der Waals surface area (Å²) in [7, 11) is 1.31. The number of thiophene rings is 1. The number of carbonyl (C=O) groups excluding carboxylic acids is 2. The zero-order chi connectivity index (χ0) is 16.2. The van der Waals surface area contributed by atoms with Crippen molar-refractivity contribution in [2.24, 2.45) is 0 Å². The van der Waals surface area contributed by atoms with Crippen molar-refractivity contribution in [1.29, 1.82) is 0 Å². The van der Waals surface area contributed by atoms with Crippen molar-refractivity contribution in [2.75, 3.05) is 12.4 Å². The molecule has 0 unspecified atom stereocenters. The summed E-state index contributed by atoms with van der Waals surface area (Å²) >= 11 is 1.26. The second-order valence-corrected chi connectivity index (χ2v) is 5.69. The Labute approximate surface area is 136 Å². The van der Waals surface area contributed by atoms with Crippen molar-refractivity contribution in [1.82, 2.24) is 0 Å². The van der Waals surface area contributed by atoms with Crippen LogP contribution in [-0.4, -0.2) is 19.0 Å². The van der Waals surface area contributed by atoms with E-state index in [1.54, 1.807) is 18.2 Å². The lowest BCUT2D eigenvalue weighted by atomic mass is 10.2. The highest BCUT2D eigenvalue weighted by molar-refractivity contribution is 7.18. The summed E-state index contributed by atoms with van der Waals surface area (Å²) in [5, 5.41) is 2.70. The monoisotopic (exact) mass is 327 g/mol. The number of ether oxygens (including phenoxy) is 1. The zero-order valence-corrected chi connectivity index (χ0v) is 13.1. The minimum Gasteiger partial charge on any atom is -0.465 e. The molecule has 3 aromatic rings. The van der Waals surface area contributed by atoms with Gasteiger partial charge >= 0.3 is 5.97 Å². The SMILES string of the molecule is COC(=O)c1sc(-c2ccccc2)cc1NC(=O)c1ccco1. The molecule has 0 bridgehead atoms. The number of carbonyl (C=O) groups is 2. The number of esters is 1. The van der Waals surface area contributed by atoms with Crippen LogP contribution in [0.15, 0.2) is 59.2 Å². The quantitative estimate of drug-likeness (QED) is 0.734. The van der Waals surface area contributed by atoms with Crippen LogP contribution in [0, 0.1) is 0 Å². The van der Waals surface area contributed by atoms with Gasteiger partial charge in [-0.3, -0.25) is 4.79 Å². The molecule has 23 heavy (non-hydrogen) atoms. The predicted octanol–water partition coefficient (Wildman–Crippen LogP) is 4.05. The molecule has 5 nitrogen and oxygen atoms in total. The number of anilines is 1. The second-order valence-electron chi connectivity index (χ2n) is 4.64. The highest BCUT2D eigenvalue weighted by Gasteiger charge is 2.20. The first-order valence-corrected chi connectivity index (χ1v) is 7.63. The van der Waals surface area contributed by atoms with E-state index in [1.165, 1.54) is 24.7 Å². The molecular formula is C17H13NO4S. The Morgan fingerprint density at radius 2 is 1.91 bits per heavy atom. The molecule has 2 heterocycles. The summed E-state index contributed by atoms with van der Waals surface area (Å²) < 4.78 is 9.86. The average Bonchev–Trinajstić information content (AvgIpc) is 3.25. The van der Waals surface area contributed by atoms with Crippen molar-refractivity contribution in [3.05, 3.63) is 65.4 Å². The molecule has 0 saturated heterocycles. The number of rotatable bonds is 4. The molecule has 0 radical (unpaired) electrons. The number of benzene rings is 1. The molecule has 116 valence electrons. The number of hydrogen-bond donors (Lipinski definition) is 1. The zero-order valence-electron chi connectivity index (χ0n) is 12.2. The summed E-state index contributed by atoms with van der Waals surface area (Å²) in [5.74, 6) is -0.738. The van der Waals surface area contributed by atoms with Crippen LogP contribution in [0.1, 0.15) is 20.2 Å². The minimum atomic E-state index is -0.494. The fraction of sp³-hybridized carbons (Fsp3) is 0.0588. The first-order valence-electron chi connectivity index (χ1n) is 6.81. The van der Waals surface area contributed by atoms with Crippen LogP contribution in [0.4, 0.5) is 5.69 Å². The van der Waals surface area contributed by atoms with Crippen LogP contribution in [-0.2, 0) is 4.74 Å². The maximum Gasteiger partial charge on any atom is 0.350 e. The van der Waals surface area contributed by atoms with Gasteiger partial charge in [-0.2, -0.15) is 0 Å². The lowest BCUT2D eigenvalue weighted by Gasteiger charge is -2.03. The third-order valence-corrected chi connectivity index (χ3v) is 4.32. The lowest BCUT2D eigenvalue weighted by molar-refractivity contribution is 0.0607. The standard InChI is InChI=1S/C17H13NO4S/c1-21-17(20)15-12(18-16(19)13-8-5-9-22-13)10-14(23-15)11-6-3-2-4-7-11/h2-10H,1H3,(H,18,19). The Bertz CT molecular complexity index is 822. The average molecular weight is 327 g/mol. The van der Waals surface area contributed by atoms with Crippen molar-refractivity contribution in [2.45, 2.75) is 0 Å². The highest BCUT2D eigenvalue weighted by atomic mass is 32.1. The largest absolute Gasteiger partial charge is 0.465 e. The van der Waals surface area contributed by atoms with E-state index in [2.05, 4.69) is 5.32 Å². The molecule has 1 amide bonds. The van der Waals surface area contributed by atoms with Gasteiger partial charge in [-0.1, -0.05) is 30.3 Å². The number of methoxy groups -OCH3 is 1. The van der Waals surface area contributed by atoms with E-state index in [-0.39, 0.29) is 5.76 Å². The molecule has 1 aromatic carbocycles. The number of furan rings is 1. The lowest BCUT2D eigenvalue weighted by Crippen LogP contribution is -2.13. The molecule has 0 aliphatic heterocycles. The molecule has 0 aliphatic rings. The molecule has 0 aliphatic carbocycles. The van der Waals surface area contributed by atoms with Gasteiger partial charge in [0.15, 0.2) is 5.76 Å². The van der Waals surface area contributed by atoms with Crippen LogP contribution in [0.5, 0.6) is 0 Å². The van der Waals surface area contributed by atoms with Crippen LogP contribution in [0.2, 0.25) is 0 Å². The highest BCUT2D eigenvalue weighted by Crippen LogP contribution is 2.35. The van der Waals surface area contributed by atoms with Gasteiger partial charge in [0.1, 0.15) is 4.88 Å². The Hall–Kier alpha value is -2.86. The van der Waals surface area contributed by atoms with E-state index >= 15 is 0 Å². The third kappa shape index (κ3) is 3.17. The molecule has 0 fully saturated rings. The maximum absolute atomic E-state index is 12.1. The fourth-order valence-corrected chi connectivity index (χ4v) is 3.10. The van der Waals surface area contributed by atoms with E-state index in [4.69, 9.17) is 9.15 Å². The Balaban J connectivity index is 1.96. The molecule has 1 N–H and O–H groups in total.